The lowest BCUT2D eigenvalue weighted by atomic mass is 10.4. The number of hydrogen-bond acceptors (Lipinski definition) is 9. The molecule has 2 heterocycles. The Morgan fingerprint density at radius 3 is 2.80 bits per heavy atom. The summed E-state index contributed by atoms with van der Waals surface area (Å²) in [6.45, 7) is 0. The fourth-order valence-electron chi connectivity index (χ4n) is 0.855. The Balaban J connectivity index is 0.000000246. The number of nitrogens with zero attached hydrogens (tertiary/aromatic N) is 9. The highest BCUT2D eigenvalue weighted by Crippen LogP contribution is 2.21. The molecule has 2 amide bonds. The van der Waals surface area contributed by atoms with Crippen LogP contribution < -0.4 is 27.6 Å². The summed E-state index contributed by atoms with van der Waals surface area (Å²) in [4.78, 5) is 12.3. The van der Waals surface area contributed by atoms with Crippen molar-refractivity contribution < 1.29 is 15.2 Å². The van der Waals surface area contributed by atoms with Crippen LogP contribution in [0.3, 0.4) is 0 Å². The maximum atomic E-state index is 9.80. The van der Waals surface area contributed by atoms with E-state index in [4.69, 9.17) is 11.3 Å². The number of nitrogens with one attached hydrogen (secondary N) is 1. The van der Waals surface area contributed by atoms with E-state index in [0.717, 1.165) is 0 Å². The van der Waals surface area contributed by atoms with E-state index in [1.165, 1.54) is 0 Å². The van der Waals surface area contributed by atoms with Gasteiger partial charge in [0.05, 0.1) is 5.82 Å². The van der Waals surface area contributed by atoms with Crippen LogP contribution in [0, 0.1) is 0 Å². The van der Waals surface area contributed by atoms with Gasteiger partial charge in [-0.1, -0.05) is 0 Å². The minimum absolute atomic E-state index is 0.0442. The van der Waals surface area contributed by atoms with E-state index < -0.39 is 12.3 Å². The molecule has 0 spiro atoms. The third kappa shape index (κ3) is 4.53. The third-order valence-corrected chi connectivity index (χ3v) is 1.47. The number of quaternary nitrogens is 1. The molecule has 0 bridgehead atoms. The van der Waals surface area contributed by atoms with Crippen molar-refractivity contribution >= 4 is 11.8 Å². The predicted octanol–water partition coefficient (Wildman–Crippen LogP) is -3.04. The van der Waals surface area contributed by atoms with Crippen molar-refractivity contribution in [3.63, 3.8) is 0 Å². The van der Waals surface area contributed by atoms with E-state index in [1.807, 2.05) is 0 Å². The summed E-state index contributed by atoms with van der Waals surface area (Å²) in [5.41, 5.74) is 21.1. The molecule has 0 saturated carbocycles. The molecule has 8 N–H and O–H groups in total. The molecule has 0 radical (unpaired) electrons. The number of urea groups is 1. The summed E-state index contributed by atoms with van der Waals surface area (Å²) in [6.07, 6.45) is -0.600. The van der Waals surface area contributed by atoms with Crippen molar-refractivity contribution in [1.29, 1.82) is 0 Å². The lowest BCUT2D eigenvalue weighted by molar-refractivity contribution is -0.423. The van der Waals surface area contributed by atoms with Crippen LogP contribution in [-0.2, 0) is 0 Å². The topological polar surface area (TPSA) is 249 Å². The van der Waals surface area contributed by atoms with Crippen LogP contribution in [0.25, 0.3) is 22.0 Å². The van der Waals surface area contributed by atoms with E-state index in [1.54, 1.807) is 0 Å². The zero-order valence-electron chi connectivity index (χ0n) is 9.78. The average molecular weight is 283 g/mol. The molecule has 0 aliphatic heterocycles. The van der Waals surface area contributed by atoms with Gasteiger partial charge in [0.25, 0.3) is 0 Å². The molecule has 1 unspecified atom stereocenters. The number of carbonyl (C=O) groups excluding carboxylic acids is 1. The molecule has 2 rings (SSSR count). The van der Waals surface area contributed by atoms with Crippen LogP contribution in [0.2, 0.25) is 0 Å². The second-order valence-corrected chi connectivity index (χ2v) is 2.94. The average Bonchev–Trinajstić information content (AvgIpc) is 2.97. The molecule has 0 saturated heterocycles. The van der Waals surface area contributed by atoms with Crippen molar-refractivity contribution in [1.82, 2.24) is 36.3 Å². The van der Waals surface area contributed by atoms with Crippen molar-refractivity contribution in [2.45, 2.75) is 6.29 Å². The zero-order valence-corrected chi connectivity index (χ0v) is 9.78. The molecule has 106 valence electrons. The van der Waals surface area contributed by atoms with Crippen LogP contribution in [-0.4, -0.2) is 38.2 Å². The van der Waals surface area contributed by atoms with Crippen molar-refractivity contribution in [3.8, 4) is 11.5 Å². The SMILES string of the molecule is NC(=O)NC(N)[NH3+].[N-]=[N+]=Nc1nonc1-c1nnn[n-]1. The summed E-state index contributed by atoms with van der Waals surface area (Å²) in [6, 6.07) is -0.650. The molecule has 2 aromatic rings. The zero-order chi connectivity index (χ0) is 15.0. The van der Waals surface area contributed by atoms with Crippen molar-refractivity contribution in [3.05, 3.63) is 10.4 Å². The summed E-state index contributed by atoms with van der Waals surface area (Å²) >= 11 is 0. The summed E-state index contributed by atoms with van der Waals surface area (Å²) < 4.78 is 4.32. The molecular formula is C5H9N13O2. The molecule has 0 aliphatic carbocycles. The van der Waals surface area contributed by atoms with Crippen LogP contribution in [0.1, 0.15) is 0 Å². The molecule has 20 heavy (non-hydrogen) atoms. The summed E-state index contributed by atoms with van der Waals surface area (Å²) in [7, 11) is 0. The van der Waals surface area contributed by atoms with E-state index >= 15 is 0 Å². The fraction of sp³-hybridized carbons (Fsp3) is 0.200. The smallest absolute Gasteiger partial charge is 0.317 e. The monoisotopic (exact) mass is 283 g/mol. The first-order valence-electron chi connectivity index (χ1n) is 4.76. The molecule has 2 aromatic heterocycles. The van der Waals surface area contributed by atoms with E-state index in [2.05, 4.69) is 62.4 Å². The third-order valence-electron chi connectivity index (χ3n) is 1.47. The standard InChI is InChI=1S/C3N9O.C2H8N4O/c4-10-5-3-1(8-13-9-3)2-6-11-12-7-2;3-1(4)6-2(5)7/h;1H,3-4H2,(H3,5,6,7)/q-1;/p+1. The highest BCUT2D eigenvalue weighted by atomic mass is 16.6. The van der Waals surface area contributed by atoms with Crippen LogP contribution in [0.15, 0.2) is 9.74 Å². The Morgan fingerprint density at radius 2 is 2.35 bits per heavy atom. The first kappa shape index (κ1) is 14.8. The first-order chi connectivity index (χ1) is 9.54. The maximum Gasteiger partial charge on any atom is 0.317 e. The van der Waals surface area contributed by atoms with Gasteiger partial charge in [-0.15, -0.1) is 0 Å². The lowest BCUT2D eigenvalue weighted by Gasteiger charge is -1.98. The van der Waals surface area contributed by atoms with Gasteiger partial charge in [-0.3, -0.25) is 21.4 Å². The Bertz CT molecular complexity index is 580. The highest BCUT2D eigenvalue weighted by molar-refractivity contribution is 5.71. The Kier molecular flexibility index (Phi) is 5.33. The minimum atomic E-state index is -0.650. The number of amides is 2. The maximum absolute atomic E-state index is 9.80. The molecule has 1 atom stereocenters. The quantitative estimate of drug-likeness (QED) is 0.193. The second-order valence-electron chi connectivity index (χ2n) is 2.94. The van der Waals surface area contributed by atoms with E-state index in [9.17, 15) is 4.79 Å². The number of nitrogens with two attached hydrogens (primary N) is 2. The lowest BCUT2D eigenvalue weighted by Crippen LogP contribution is -2.74. The number of aromatic nitrogens is 6. The summed E-state index contributed by atoms with van der Waals surface area (Å²) in [5.74, 6) is 0.0564. The van der Waals surface area contributed by atoms with Crippen molar-refractivity contribution in [2.24, 2.45) is 16.6 Å². The van der Waals surface area contributed by atoms with Gasteiger partial charge in [-0.05, 0) is 21.0 Å². The molecule has 0 aromatic carbocycles. The Morgan fingerprint density at radius 1 is 1.60 bits per heavy atom. The molecule has 15 nitrogen and oxygen atoms in total. The molecule has 0 fully saturated rings. The largest absolute Gasteiger partial charge is 0.351 e. The number of rotatable bonds is 3. The van der Waals surface area contributed by atoms with Gasteiger partial charge >= 0.3 is 6.03 Å². The number of azide groups is 1. The Hall–Kier alpha value is -3.29. The van der Waals surface area contributed by atoms with Crippen LogP contribution >= 0.6 is 0 Å². The second kappa shape index (κ2) is 7.21. The first-order valence-corrected chi connectivity index (χ1v) is 4.76. The van der Waals surface area contributed by atoms with Gasteiger partial charge < -0.3 is 16.6 Å². The van der Waals surface area contributed by atoms with Gasteiger partial charge in [0.15, 0.2) is 11.5 Å². The number of primary amides is 1. The fourth-order valence-corrected chi connectivity index (χ4v) is 0.855. The van der Waals surface area contributed by atoms with Gasteiger partial charge in [-0.25, -0.2) is 9.42 Å². The summed E-state index contributed by atoms with van der Waals surface area (Å²) in [5, 5.41) is 25.5. The predicted molar refractivity (Wildman–Crippen MR) is 58.8 cm³/mol. The van der Waals surface area contributed by atoms with Gasteiger partial charge in [0.1, 0.15) is 0 Å². The number of carbonyl (C=O) groups is 1. The van der Waals surface area contributed by atoms with E-state index in [0.29, 0.717) is 0 Å². The van der Waals surface area contributed by atoms with Crippen molar-refractivity contribution in [2.75, 3.05) is 0 Å². The van der Waals surface area contributed by atoms with Crippen LogP contribution in [0.4, 0.5) is 10.6 Å². The highest BCUT2D eigenvalue weighted by Gasteiger charge is 2.08. The van der Waals surface area contributed by atoms with Crippen LogP contribution in [0.5, 0.6) is 0 Å². The van der Waals surface area contributed by atoms with E-state index in [-0.39, 0.29) is 17.3 Å². The normalized spacial score (nSPS) is 10.7. The van der Waals surface area contributed by atoms with Gasteiger partial charge in [0, 0.05) is 4.91 Å². The molecular weight excluding hydrogens is 274 g/mol. The molecule has 0 aliphatic rings. The van der Waals surface area contributed by atoms with Gasteiger partial charge in [0.2, 0.25) is 6.29 Å². The molecule has 15 heteroatoms. The number of tetrazole rings is 1. The van der Waals surface area contributed by atoms with Gasteiger partial charge in [-0.2, -0.15) is 5.21 Å². The Labute approximate surface area is 109 Å². The minimum Gasteiger partial charge on any atom is -0.351 e. The number of hydrogen-bond donors (Lipinski definition) is 4.